The van der Waals surface area contributed by atoms with Crippen LogP contribution in [0.2, 0.25) is 0 Å². The molecule has 0 aliphatic heterocycles. The van der Waals surface area contributed by atoms with Crippen LogP contribution in [-0.4, -0.2) is 19.3 Å². The van der Waals surface area contributed by atoms with Gasteiger partial charge in [0.1, 0.15) is 0 Å². The van der Waals surface area contributed by atoms with E-state index in [-0.39, 0.29) is 17.7 Å². The first-order chi connectivity index (χ1) is 11.0. The average Bonchev–Trinajstić information content (AvgIpc) is 2.55. The molecule has 2 aromatic rings. The summed E-state index contributed by atoms with van der Waals surface area (Å²) in [5.74, 6) is 0.497. The molecule has 0 aliphatic carbocycles. The minimum absolute atomic E-state index is 0.176. The standard InChI is InChI=1S/C18H20FNO2S/c1-12(15-8-9-17(22-2)16(19)10-15)20-18(21)14-6-4-13(5-7-14)11-23-3/h4-10,12H,11H2,1-3H3,(H,20,21)/t12-/m0/s1. The van der Waals surface area contributed by atoms with Crippen LogP contribution in [0.25, 0.3) is 0 Å². The molecule has 0 aliphatic rings. The maximum atomic E-state index is 13.7. The smallest absolute Gasteiger partial charge is 0.251 e. The molecule has 0 aromatic heterocycles. The van der Waals surface area contributed by atoms with Crippen molar-refractivity contribution < 1.29 is 13.9 Å². The Labute approximate surface area is 140 Å². The van der Waals surface area contributed by atoms with Crippen LogP contribution in [0.5, 0.6) is 5.75 Å². The summed E-state index contributed by atoms with van der Waals surface area (Å²) in [6.07, 6.45) is 2.04. The molecule has 1 N–H and O–H groups in total. The lowest BCUT2D eigenvalue weighted by atomic mass is 10.1. The van der Waals surface area contributed by atoms with Crippen molar-refractivity contribution in [3.05, 3.63) is 65.0 Å². The van der Waals surface area contributed by atoms with Gasteiger partial charge in [-0.05, 0) is 48.6 Å². The molecule has 0 radical (unpaired) electrons. The Kier molecular flexibility index (Phi) is 6.04. The summed E-state index contributed by atoms with van der Waals surface area (Å²) < 4.78 is 18.6. The monoisotopic (exact) mass is 333 g/mol. The van der Waals surface area contributed by atoms with Crippen LogP contribution < -0.4 is 10.1 Å². The molecule has 3 nitrogen and oxygen atoms in total. The Balaban J connectivity index is 2.05. The highest BCUT2D eigenvalue weighted by atomic mass is 32.2. The van der Waals surface area contributed by atoms with Gasteiger partial charge in [0.2, 0.25) is 0 Å². The number of carbonyl (C=O) groups excluding carboxylic acids is 1. The summed E-state index contributed by atoms with van der Waals surface area (Å²) in [5.41, 5.74) is 2.46. The normalized spacial score (nSPS) is 11.8. The maximum absolute atomic E-state index is 13.7. The van der Waals surface area contributed by atoms with E-state index in [2.05, 4.69) is 5.32 Å². The van der Waals surface area contributed by atoms with Crippen LogP contribution in [0.15, 0.2) is 42.5 Å². The third kappa shape index (κ3) is 4.48. The third-order valence-corrected chi connectivity index (χ3v) is 4.17. The van der Waals surface area contributed by atoms with Crippen molar-refractivity contribution in [3.63, 3.8) is 0 Å². The fraction of sp³-hybridized carbons (Fsp3) is 0.278. The molecule has 2 aromatic carbocycles. The molecule has 2 rings (SSSR count). The van der Waals surface area contributed by atoms with Gasteiger partial charge in [-0.15, -0.1) is 0 Å². The summed E-state index contributed by atoms with van der Waals surface area (Å²) >= 11 is 1.73. The molecule has 0 unspecified atom stereocenters. The van der Waals surface area contributed by atoms with E-state index in [4.69, 9.17) is 4.74 Å². The second-order valence-corrected chi connectivity index (χ2v) is 6.09. The Morgan fingerprint density at radius 2 is 1.96 bits per heavy atom. The summed E-state index contributed by atoms with van der Waals surface area (Å²) in [7, 11) is 1.42. The first kappa shape index (κ1) is 17.3. The lowest BCUT2D eigenvalue weighted by molar-refractivity contribution is 0.0940. The largest absolute Gasteiger partial charge is 0.494 e. The molecule has 1 atom stereocenters. The van der Waals surface area contributed by atoms with E-state index in [0.717, 1.165) is 5.75 Å². The minimum Gasteiger partial charge on any atom is -0.494 e. The zero-order valence-electron chi connectivity index (χ0n) is 13.4. The molecule has 23 heavy (non-hydrogen) atoms. The van der Waals surface area contributed by atoms with Crippen molar-refractivity contribution in [2.75, 3.05) is 13.4 Å². The van der Waals surface area contributed by atoms with Gasteiger partial charge in [0.15, 0.2) is 11.6 Å². The molecular weight excluding hydrogens is 313 g/mol. The number of methoxy groups -OCH3 is 1. The van der Waals surface area contributed by atoms with Gasteiger partial charge in [0.05, 0.1) is 13.2 Å². The number of rotatable bonds is 6. The number of thioether (sulfide) groups is 1. The van der Waals surface area contributed by atoms with Gasteiger partial charge in [-0.1, -0.05) is 18.2 Å². The molecule has 5 heteroatoms. The topological polar surface area (TPSA) is 38.3 Å². The molecule has 122 valence electrons. The van der Waals surface area contributed by atoms with Gasteiger partial charge in [0.25, 0.3) is 5.91 Å². The van der Waals surface area contributed by atoms with E-state index in [1.807, 2.05) is 37.4 Å². The summed E-state index contributed by atoms with van der Waals surface area (Å²) in [6.45, 7) is 1.82. The second kappa shape index (κ2) is 8.02. The van der Waals surface area contributed by atoms with E-state index in [0.29, 0.717) is 11.1 Å². The zero-order chi connectivity index (χ0) is 16.8. The zero-order valence-corrected chi connectivity index (χ0v) is 14.2. The fourth-order valence-corrected chi connectivity index (χ4v) is 2.76. The maximum Gasteiger partial charge on any atom is 0.251 e. The van der Waals surface area contributed by atoms with E-state index >= 15 is 0 Å². The molecule has 0 bridgehead atoms. The third-order valence-electron chi connectivity index (χ3n) is 3.55. The molecule has 1 amide bonds. The number of amides is 1. The molecular formula is C18H20FNO2S. The van der Waals surface area contributed by atoms with Crippen LogP contribution >= 0.6 is 11.8 Å². The number of ether oxygens (including phenoxy) is 1. The van der Waals surface area contributed by atoms with Gasteiger partial charge in [-0.3, -0.25) is 4.79 Å². The van der Waals surface area contributed by atoms with Crippen LogP contribution in [-0.2, 0) is 5.75 Å². The van der Waals surface area contributed by atoms with Gasteiger partial charge < -0.3 is 10.1 Å². The van der Waals surface area contributed by atoms with Crippen molar-refractivity contribution in [3.8, 4) is 5.75 Å². The summed E-state index contributed by atoms with van der Waals surface area (Å²) in [5, 5.41) is 2.88. The Morgan fingerprint density at radius 3 is 2.52 bits per heavy atom. The van der Waals surface area contributed by atoms with E-state index in [1.54, 1.807) is 23.9 Å². The van der Waals surface area contributed by atoms with Crippen molar-refractivity contribution in [1.82, 2.24) is 5.32 Å². The molecule has 0 saturated carbocycles. The number of carbonyl (C=O) groups is 1. The summed E-state index contributed by atoms with van der Waals surface area (Å²) in [4.78, 5) is 12.3. The average molecular weight is 333 g/mol. The highest BCUT2D eigenvalue weighted by Gasteiger charge is 2.13. The molecule has 0 heterocycles. The van der Waals surface area contributed by atoms with Crippen molar-refractivity contribution in [1.29, 1.82) is 0 Å². The number of benzene rings is 2. The first-order valence-electron chi connectivity index (χ1n) is 7.27. The number of hydrogen-bond donors (Lipinski definition) is 1. The molecule has 0 saturated heterocycles. The Morgan fingerprint density at radius 1 is 1.26 bits per heavy atom. The molecule has 0 fully saturated rings. The van der Waals surface area contributed by atoms with Crippen LogP contribution in [0.3, 0.4) is 0 Å². The Bertz CT molecular complexity index is 673. The quantitative estimate of drug-likeness (QED) is 0.861. The predicted octanol–water partition coefficient (Wildman–Crippen LogP) is 4.19. The van der Waals surface area contributed by atoms with Crippen LogP contribution in [0.4, 0.5) is 4.39 Å². The second-order valence-electron chi connectivity index (χ2n) is 5.22. The fourth-order valence-electron chi connectivity index (χ4n) is 2.23. The highest BCUT2D eigenvalue weighted by molar-refractivity contribution is 7.97. The van der Waals surface area contributed by atoms with Gasteiger partial charge in [-0.25, -0.2) is 4.39 Å². The predicted molar refractivity (Wildman–Crippen MR) is 92.5 cm³/mol. The highest BCUT2D eigenvalue weighted by Crippen LogP contribution is 2.22. The first-order valence-corrected chi connectivity index (χ1v) is 8.66. The van der Waals surface area contributed by atoms with E-state index in [9.17, 15) is 9.18 Å². The Hall–Kier alpha value is -2.01. The summed E-state index contributed by atoms with van der Waals surface area (Å²) in [6, 6.07) is 11.9. The lowest BCUT2D eigenvalue weighted by Gasteiger charge is -2.15. The minimum atomic E-state index is -0.437. The lowest BCUT2D eigenvalue weighted by Crippen LogP contribution is -2.26. The number of halogens is 1. The van der Waals surface area contributed by atoms with Crippen molar-refractivity contribution in [2.24, 2.45) is 0 Å². The van der Waals surface area contributed by atoms with E-state index < -0.39 is 5.82 Å². The van der Waals surface area contributed by atoms with Crippen LogP contribution in [0.1, 0.15) is 34.5 Å². The van der Waals surface area contributed by atoms with Crippen molar-refractivity contribution >= 4 is 17.7 Å². The number of hydrogen-bond acceptors (Lipinski definition) is 3. The number of nitrogens with one attached hydrogen (secondary N) is 1. The van der Waals surface area contributed by atoms with Gasteiger partial charge in [-0.2, -0.15) is 11.8 Å². The van der Waals surface area contributed by atoms with Crippen molar-refractivity contribution in [2.45, 2.75) is 18.7 Å². The SMILES string of the molecule is COc1ccc([C@H](C)NC(=O)c2ccc(CSC)cc2)cc1F. The van der Waals surface area contributed by atoms with Gasteiger partial charge >= 0.3 is 0 Å². The van der Waals surface area contributed by atoms with Gasteiger partial charge in [0, 0.05) is 11.3 Å². The molecule has 0 spiro atoms. The van der Waals surface area contributed by atoms with E-state index in [1.165, 1.54) is 18.7 Å². The van der Waals surface area contributed by atoms with Crippen LogP contribution in [0, 0.1) is 5.82 Å².